The van der Waals surface area contributed by atoms with Crippen LogP contribution < -0.4 is 14.8 Å². The molecule has 0 bridgehead atoms. The summed E-state index contributed by atoms with van der Waals surface area (Å²) in [6, 6.07) is 15.1. The van der Waals surface area contributed by atoms with Crippen molar-refractivity contribution in [2.75, 3.05) is 5.32 Å². The largest absolute Gasteiger partial charge is 0.485 e. The van der Waals surface area contributed by atoms with Crippen molar-refractivity contribution < 1.29 is 27.4 Å². The highest BCUT2D eigenvalue weighted by atomic mass is 35.5. The minimum absolute atomic E-state index is 0.0159. The Hall–Kier alpha value is -3.19. The molecule has 0 saturated heterocycles. The lowest BCUT2D eigenvalue weighted by Gasteiger charge is -2.18. The van der Waals surface area contributed by atoms with Crippen molar-refractivity contribution >= 4 is 23.2 Å². The van der Waals surface area contributed by atoms with Crippen LogP contribution in [0.5, 0.6) is 11.5 Å². The van der Waals surface area contributed by atoms with Crippen molar-refractivity contribution in [2.24, 2.45) is 0 Å². The van der Waals surface area contributed by atoms with Crippen molar-refractivity contribution in [2.45, 2.75) is 38.7 Å². The van der Waals surface area contributed by atoms with Crippen LogP contribution in [0.1, 0.15) is 40.9 Å². The first-order chi connectivity index (χ1) is 15.5. The number of nitrogens with one attached hydrogen (secondary N) is 1. The first-order valence-corrected chi connectivity index (χ1v) is 10.6. The van der Waals surface area contributed by atoms with Crippen LogP contribution in [0.4, 0.5) is 18.9 Å². The second kappa shape index (κ2) is 8.63. The monoisotopic (exact) mass is 475 g/mol. The number of carbonyl (C=O) groups excluding carboxylic acids is 1. The van der Waals surface area contributed by atoms with Crippen LogP contribution in [0.3, 0.4) is 0 Å². The Morgan fingerprint density at radius 2 is 1.85 bits per heavy atom. The lowest BCUT2D eigenvalue weighted by Crippen LogP contribution is -2.24. The summed E-state index contributed by atoms with van der Waals surface area (Å²) >= 11 is 5.95. The molecule has 1 aliphatic heterocycles. The van der Waals surface area contributed by atoms with Gasteiger partial charge in [-0.05, 0) is 55.8 Å². The molecule has 0 atom stereocenters. The average molecular weight is 476 g/mol. The van der Waals surface area contributed by atoms with Crippen LogP contribution in [-0.2, 0) is 19.2 Å². The number of anilines is 1. The molecule has 172 valence electrons. The fourth-order valence-electron chi connectivity index (χ4n) is 3.61. The zero-order valence-electron chi connectivity index (χ0n) is 17.9. The highest BCUT2D eigenvalue weighted by Crippen LogP contribution is 2.42. The summed E-state index contributed by atoms with van der Waals surface area (Å²) in [5.41, 5.74) is 0.910. The molecule has 1 N–H and O–H groups in total. The molecular formula is C25H21ClF3NO3. The Balaban J connectivity index is 1.42. The summed E-state index contributed by atoms with van der Waals surface area (Å²) < 4.78 is 50.7. The Morgan fingerprint density at radius 1 is 1.12 bits per heavy atom. The normalized spacial score (nSPS) is 14.4. The van der Waals surface area contributed by atoms with Crippen molar-refractivity contribution in [3.63, 3.8) is 0 Å². The summed E-state index contributed by atoms with van der Waals surface area (Å²) in [5, 5.41) is 2.45. The van der Waals surface area contributed by atoms with E-state index in [9.17, 15) is 18.0 Å². The van der Waals surface area contributed by atoms with Crippen LogP contribution in [0, 0.1) is 0 Å². The van der Waals surface area contributed by atoms with Gasteiger partial charge in [0.1, 0.15) is 12.2 Å². The number of amides is 1. The Kier molecular flexibility index (Phi) is 6.01. The molecule has 3 aromatic rings. The molecule has 3 aromatic carbocycles. The van der Waals surface area contributed by atoms with E-state index < -0.39 is 17.6 Å². The van der Waals surface area contributed by atoms with Gasteiger partial charge < -0.3 is 14.8 Å². The number of fused-ring (bicyclic) bond motifs is 1. The number of ether oxygens (including phenoxy) is 2. The number of alkyl halides is 3. The first kappa shape index (κ1) is 23.0. The average Bonchev–Trinajstić information content (AvgIpc) is 3.07. The van der Waals surface area contributed by atoms with Crippen LogP contribution in [0.25, 0.3) is 0 Å². The van der Waals surface area contributed by atoms with Gasteiger partial charge >= 0.3 is 6.18 Å². The second-order valence-electron chi connectivity index (χ2n) is 8.42. The maximum absolute atomic E-state index is 12.9. The lowest BCUT2D eigenvalue weighted by atomic mass is 10.0. The molecule has 33 heavy (non-hydrogen) atoms. The van der Waals surface area contributed by atoms with E-state index in [1.807, 2.05) is 32.0 Å². The van der Waals surface area contributed by atoms with Gasteiger partial charge in [-0.1, -0.05) is 35.9 Å². The van der Waals surface area contributed by atoms with Gasteiger partial charge in [0.15, 0.2) is 11.5 Å². The third-order valence-electron chi connectivity index (χ3n) is 5.21. The van der Waals surface area contributed by atoms with E-state index in [4.69, 9.17) is 21.1 Å². The molecule has 0 fully saturated rings. The molecule has 1 aliphatic rings. The number of rotatable bonds is 5. The highest BCUT2D eigenvalue weighted by Gasteiger charge is 2.32. The van der Waals surface area contributed by atoms with E-state index in [0.717, 1.165) is 41.5 Å². The van der Waals surface area contributed by atoms with E-state index in [1.165, 1.54) is 0 Å². The Labute approximate surface area is 194 Å². The fourth-order valence-corrected chi connectivity index (χ4v) is 3.77. The van der Waals surface area contributed by atoms with E-state index >= 15 is 0 Å². The van der Waals surface area contributed by atoms with Gasteiger partial charge in [-0.15, -0.1) is 0 Å². The molecule has 0 aromatic heterocycles. The lowest BCUT2D eigenvalue weighted by molar-refractivity contribution is -0.137. The number of hydrogen-bond donors (Lipinski definition) is 1. The van der Waals surface area contributed by atoms with E-state index in [-0.39, 0.29) is 28.5 Å². The van der Waals surface area contributed by atoms with Crippen molar-refractivity contribution in [1.29, 1.82) is 0 Å². The number of carbonyl (C=O) groups is 1. The number of para-hydroxylation sites is 1. The molecule has 0 spiro atoms. The molecule has 0 radical (unpaired) electrons. The SMILES string of the molecule is CC1(C)Cc2cccc(OCc3ccc(C(=O)Nc4cc(C(F)(F)F)ccc4Cl)cc3)c2O1. The van der Waals surface area contributed by atoms with E-state index in [2.05, 4.69) is 5.32 Å². The highest BCUT2D eigenvalue weighted by molar-refractivity contribution is 6.34. The molecule has 1 amide bonds. The maximum Gasteiger partial charge on any atom is 0.416 e. The van der Waals surface area contributed by atoms with Gasteiger partial charge in [0.05, 0.1) is 16.3 Å². The Morgan fingerprint density at radius 3 is 2.55 bits per heavy atom. The Bertz CT molecular complexity index is 1190. The number of halogens is 4. The molecule has 0 unspecified atom stereocenters. The maximum atomic E-state index is 12.9. The summed E-state index contributed by atoms with van der Waals surface area (Å²) in [4.78, 5) is 12.5. The topological polar surface area (TPSA) is 47.6 Å². The van der Waals surface area contributed by atoms with Gasteiger partial charge in [0.25, 0.3) is 5.91 Å². The predicted molar refractivity (Wildman–Crippen MR) is 120 cm³/mol. The second-order valence-corrected chi connectivity index (χ2v) is 8.82. The van der Waals surface area contributed by atoms with E-state index in [1.54, 1.807) is 24.3 Å². The molecule has 8 heteroatoms. The quantitative estimate of drug-likeness (QED) is 0.436. The van der Waals surface area contributed by atoms with Crippen LogP contribution in [0.2, 0.25) is 5.02 Å². The van der Waals surface area contributed by atoms with Crippen molar-refractivity contribution in [3.8, 4) is 11.5 Å². The molecule has 0 saturated carbocycles. The third kappa shape index (κ3) is 5.25. The summed E-state index contributed by atoms with van der Waals surface area (Å²) in [6.45, 7) is 4.31. The van der Waals surface area contributed by atoms with Gasteiger partial charge in [-0.2, -0.15) is 13.2 Å². The minimum Gasteiger partial charge on any atom is -0.485 e. The fraction of sp³-hybridized carbons (Fsp3) is 0.240. The van der Waals surface area contributed by atoms with Gasteiger partial charge in [-0.25, -0.2) is 0 Å². The zero-order chi connectivity index (χ0) is 23.8. The molecular weight excluding hydrogens is 455 g/mol. The van der Waals surface area contributed by atoms with Crippen LogP contribution in [-0.4, -0.2) is 11.5 Å². The summed E-state index contributed by atoms with van der Waals surface area (Å²) in [6.07, 6.45) is -3.73. The smallest absolute Gasteiger partial charge is 0.416 e. The van der Waals surface area contributed by atoms with Gasteiger partial charge in [0, 0.05) is 17.5 Å². The zero-order valence-corrected chi connectivity index (χ0v) is 18.7. The van der Waals surface area contributed by atoms with Crippen molar-refractivity contribution in [3.05, 3.63) is 87.9 Å². The standard InChI is InChI=1S/C25H21ClF3NO3/c1-24(2)13-17-4-3-5-21(22(17)33-24)32-14-15-6-8-16(9-7-15)23(31)30-20-12-18(25(27,28)29)10-11-19(20)26/h3-12H,13-14H2,1-2H3,(H,30,31). The first-order valence-electron chi connectivity index (χ1n) is 10.2. The minimum atomic E-state index is -4.54. The van der Waals surface area contributed by atoms with Gasteiger partial charge in [0.2, 0.25) is 0 Å². The summed E-state index contributed by atoms with van der Waals surface area (Å²) in [7, 11) is 0. The number of benzene rings is 3. The molecule has 4 nitrogen and oxygen atoms in total. The van der Waals surface area contributed by atoms with Crippen LogP contribution in [0.15, 0.2) is 60.7 Å². The molecule has 0 aliphatic carbocycles. The van der Waals surface area contributed by atoms with E-state index in [0.29, 0.717) is 5.75 Å². The molecule has 1 heterocycles. The third-order valence-corrected chi connectivity index (χ3v) is 5.54. The predicted octanol–water partition coefficient (Wildman–Crippen LogP) is 6.90. The number of hydrogen-bond acceptors (Lipinski definition) is 3. The summed E-state index contributed by atoms with van der Waals surface area (Å²) in [5.74, 6) is 0.829. The van der Waals surface area contributed by atoms with Crippen LogP contribution >= 0.6 is 11.6 Å². The van der Waals surface area contributed by atoms with Gasteiger partial charge in [-0.3, -0.25) is 4.79 Å². The molecule has 4 rings (SSSR count). The van der Waals surface area contributed by atoms with Crippen molar-refractivity contribution in [1.82, 2.24) is 0 Å².